The summed E-state index contributed by atoms with van der Waals surface area (Å²) in [6.07, 6.45) is -2.54. The maximum atomic E-state index is 13.2. The predicted octanol–water partition coefficient (Wildman–Crippen LogP) is 4.49. The average Bonchev–Trinajstić information content (AvgIpc) is 3.34. The third-order valence-electron chi connectivity index (χ3n) is 5.73. The number of aromatic nitrogens is 1. The van der Waals surface area contributed by atoms with Crippen molar-refractivity contribution in [2.75, 3.05) is 10.6 Å². The first kappa shape index (κ1) is 23.9. The van der Waals surface area contributed by atoms with Crippen molar-refractivity contribution in [1.82, 2.24) is 9.47 Å². The molecule has 1 aliphatic heterocycles. The van der Waals surface area contributed by atoms with Crippen LogP contribution in [0.3, 0.4) is 0 Å². The number of carbonyl (C=O) groups excluding carboxylic acids is 3. The number of nitrogens with two attached hydrogens (primary N) is 1. The van der Waals surface area contributed by atoms with E-state index in [1.54, 1.807) is 31.2 Å². The molecule has 4 N–H and O–H groups in total. The molecule has 1 aliphatic rings. The van der Waals surface area contributed by atoms with Crippen LogP contribution >= 0.6 is 0 Å². The number of rotatable bonds is 4. The number of nitrogens with zero attached hydrogens (tertiary/aromatic N) is 2. The number of nitrogens with one attached hydrogen (secondary N) is 2. The fourth-order valence-electron chi connectivity index (χ4n) is 4.22. The van der Waals surface area contributed by atoms with Crippen LogP contribution in [0.1, 0.15) is 19.8 Å². The number of anilines is 2. The summed E-state index contributed by atoms with van der Waals surface area (Å²) in [6.45, 7) is 1.79. The average molecular weight is 489 g/mol. The number of benzene rings is 2. The smallest absolute Gasteiger partial charge is 0.406 e. The van der Waals surface area contributed by atoms with Crippen LogP contribution < -0.4 is 21.1 Å². The zero-order chi connectivity index (χ0) is 25.3. The van der Waals surface area contributed by atoms with Gasteiger partial charge in [0.1, 0.15) is 11.8 Å². The van der Waals surface area contributed by atoms with Gasteiger partial charge in [-0.15, -0.1) is 13.2 Å². The molecule has 1 aromatic heterocycles. The number of amides is 4. The van der Waals surface area contributed by atoms with Crippen molar-refractivity contribution >= 4 is 40.2 Å². The van der Waals surface area contributed by atoms with Crippen molar-refractivity contribution in [2.24, 2.45) is 5.73 Å². The Balaban J connectivity index is 1.52. The molecule has 0 unspecified atom stereocenters. The number of hydrogen-bond donors (Lipinski definition) is 3. The van der Waals surface area contributed by atoms with E-state index in [4.69, 9.17) is 5.73 Å². The lowest BCUT2D eigenvalue weighted by molar-refractivity contribution is -0.274. The topological polar surface area (TPSA) is 119 Å². The third kappa shape index (κ3) is 5.15. The lowest BCUT2D eigenvalue weighted by Crippen LogP contribution is -2.48. The van der Waals surface area contributed by atoms with Crippen LogP contribution in [0.15, 0.2) is 54.7 Å². The number of alkyl halides is 3. The highest BCUT2D eigenvalue weighted by Gasteiger charge is 2.39. The zero-order valence-electron chi connectivity index (χ0n) is 18.5. The Labute approximate surface area is 197 Å². The molecular formula is C23H22F3N5O4. The summed E-state index contributed by atoms with van der Waals surface area (Å²) in [5.41, 5.74) is 6.38. The summed E-state index contributed by atoms with van der Waals surface area (Å²) >= 11 is 0. The van der Waals surface area contributed by atoms with Crippen LogP contribution in [0.25, 0.3) is 10.9 Å². The molecule has 0 bridgehead atoms. The predicted molar refractivity (Wildman–Crippen MR) is 122 cm³/mol. The van der Waals surface area contributed by atoms with Crippen LogP contribution in [-0.4, -0.2) is 45.9 Å². The maximum absolute atomic E-state index is 13.2. The van der Waals surface area contributed by atoms with Gasteiger partial charge in [-0.1, -0.05) is 24.3 Å². The fourth-order valence-corrected chi connectivity index (χ4v) is 4.22. The number of carbonyl (C=O) groups is 3. The summed E-state index contributed by atoms with van der Waals surface area (Å²) in [7, 11) is 0. The van der Waals surface area contributed by atoms with E-state index in [0.29, 0.717) is 29.4 Å². The van der Waals surface area contributed by atoms with E-state index in [-0.39, 0.29) is 11.7 Å². The molecule has 1 fully saturated rings. The van der Waals surface area contributed by atoms with Gasteiger partial charge in [0.05, 0.1) is 11.2 Å². The second kappa shape index (κ2) is 9.20. The Morgan fingerprint density at radius 1 is 1.06 bits per heavy atom. The Morgan fingerprint density at radius 2 is 1.80 bits per heavy atom. The Morgan fingerprint density at radius 3 is 2.51 bits per heavy atom. The number of primary amides is 1. The van der Waals surface area contributed by atoms with Crippen molar-refractivity contribution in [2.45, 2.75) is 38.2 Å². The summed E-state index contributed by atoms with van der Waals surface area (Å²) in [4.78, 5) is 39.3. The quantitative estimate of drug-likeness (QED) is 0.500. The van der Waals surface area contributed by atoms with Crippen molar-refractivity contribution < 1.29 is 32.3 Å². The van der Waals surface area contributed by atoms with Gasteiger partial charge in [0.2, 0.25) is 5.91 Å². The Bertz CT molecular complexity index is 1290. The van der Waals surface area contributed by atoms with Crippen LogP contribution in [0.2, 0.25) is 0 Å². The first-order chi connectivity index (χ1) is 16.5. The first-order valence-corrected chi connectivity index (χ1v) is 10.7. The van der Waals surface area contributed by atoms with Crippen molar-refractivity contribution in [3.8, 4) is 5.75 Å². The van der Waals surface area contributed by atoms with E-state index < -0.39 is 36.1 Å². The summed E-state index contributed by atoms with van der Waals surface area (Å²) in [5.74, 6) is -1.02. The summed E-state index contributed by atoms with van der Waals surface area (Å²) in [5, 5.41) is 5.90. The highest BCUT2D eigenvalue weighted by atomic mass is 19.4. The number of halogens is 3. The third-order valence-corrected chi connectivity index (χ3v) is 5.73. The SMILES string of the molecule is C[C@H]1CC[C@@H](C(=O)Nc2cccc(OC(F)(F)F)c2)N1C(=O)Nc1cn(C(N)=O)c2ccccc12. The van der Waals surface area contributed by atoms with Gasteiger partial charge in [-0.25, -0.2) is 9.59 Å². The van der Waals surface area contributed by atoms with Crippen LogP contribution in [0.5, 0.6) is 5.75 Å². The molecule has 1 saturated heterocycles. The molecule has 4 amide bonds. The molecule has 9 nitrogen and oxygen atoms in total. The standard InChI is InChI=1S/C23H22F3N5O4/c1-13-9-10-19(20(32)28-14-5-4-6-15(11-14)35-23(24,25)26)31(13)22(34)29-17-12-30(21(27)33)18-8-3-2-7-16(17)18/h2-8,11-13,19H,9-10H2,1H3,(H2,27,33)(H,28,32)(H,29,34)/t13-,19-/m0/s1. The van der Waals surface area contributed by atoms with Gasteiger partial charge in [0.25, 0.3) is 0 Å². The lowest BCUT2D eigenvalue weighted by Gasteiger charge is -2.28. The van der Waals surface area contributed by atoms with Crippen molar-refractivity contribution in [1.29, 1.82) is 0 Å². The van der Waals surface area contributed by atoms with E-state index >= 15 is 0 Å². The van der Waals surface area contributed by atoms with E-state index in [1.165, 1.54) is 27.8 Å². The number of hydrogen-bond acceptors (Lipinski definition) is 4. The molecule has 12 heteroatoms. The zero-order valence-corrected chi connectivity index (χ0v) is 18.5. The van der Waals surface area contributed by atoms with Gasteiger partial charge in [0.15, 0.2) is 0 Å². The molecule has 4 rings (SSSR count). The minimum atomic E-state index is -4.87. The van der Waals surface area contributed by atoms with Gasteiger partial charge < -0.3 is 26.0 Å². The lowest BCUT2D eigenvalue weighted by atomic mass is 10.2. The molecule has 3 aromatic rings. The van der Waals surface area contributed by atoms with Gasteiger partial charge in [-0.3, -0.25) is 9.36 Å². The Kier molecular flexibility index (Phi) is 6.29. The van der Waals surface area contributed by atoms with E-state index in [0.717, 1.165) is 12.1 Å². The molecule has 184 valence electrons. The molecule has 0 spiro atoms. The molecule has 0 aliphatic carbocycles. The maximum Gasteiger partial charge on any atom is 0.573 e. The van der Waals surface area contributed by atoms with E-state index in [2.05, 4.69) is 15.4 Å². The fraction of sp³-hybridized carbons (Fsp3) is 0.261. The number of urea groups is 1. The van der Waals surface area contributed by atoms with Gasteiger partial charge >= 0.3 is 18.4 Å². The normalized spacial score (nSPS) is 17.9. The Hall–Kier alpha value is -4.22. The van der Waals surface area contributed by atoms with Crippen LogP contribution in [0, 0.1) is 0 Å². The summed E-state index contributed by atoms with van der Waals surface area (Å²) in [6, 6.07) is 9.35. The second-order valence-electron chi connectivity index (χ2n) is 8.11. The molecule has 0 saturated carbocycles. The minimum absolute atomic E-state index is 0.0983. The second-order valence-corrected chi connectivity index (χ2v) is 8.11. The van der Waals surface area contributed by atoms with Gasteiger partial charge in [0, 0.05) is 29.4 Å². The summed E-state index contributed by atoms with van der Waals surface area (Å²) < 4.78 is 42.6. The number of para-hydroxylation sites is 1. The van der Waals surface area contributed by atoms with Crippen LogP contribution in [0.4, 0.5) is 34.1 Å². The highest BCUT2D eigenvalue weighted by molar-refractivity contribution is 6.06. The van der Waals surface area contributed by atoms with E-state index in [1.807, 2.05) is 0 Å². The molecule has 2 aromatic carbocycles. The molecule has 2 atom stereocenters. The number of likely N-dealkylation sites (tertiary alicyclic amines) is 1. The molecule has 35 heavy (non-hydrogen) atoms. The minimum Gasteiger partial charge on any atom is -0.406 e. The van der Waals surface area contributed by atoms with Crippen LogP contribution in [-0.2, 0) is 4.79 Å². The molecular weight excluding hydrogens is 467 g/mol. The van der Waals surface area contributed by atoms with Crippen molar-refractivity contribution in [3.05, 3.63) is 54.7 Å². The monoisotopic (exact) mass is 489 g/mol. The highest BCUT2D eigenvalue weighted by Crippen LogP contribution is 2.30. The molecule has 2 heterocycles. The van der Waals surface area contributed by atoms with E-state index in [9.17, 15) is 27.6 Å². The first-order valence-electron chi connectivity index (χ1n) is 10.7. The largest absolute Gasteiger partial charge is 0.573 e. The number of fused-ring (bicyclic) bond motifs is 1. The van der Waals surface area contributed by atoms with Gasteiger partial charge in [-0.05, 0) is 38.0 Å². The van der Waals surface area contributed by atoms with Gasteiger partial charge in [-0.2, -0.15) is 0 Å². The number of ether oxygens (including phenoxy) is 1. The molecule has 0 radical (unpaired) electrons. The van der Waals surface area contributed by atoms with Crippen molar-refractivity contribution in [3.63, 3.8) is 0 Å².